The third-order valence-corrected chi connectivity index (χ3v) is 5.46. The van der Waals surface area contributed by atoms with Gasteiger partial charge in [-0.15, -0.1) is 0 Å². The fraction of sp³-hybridized carbons (Fsp3) is 0.348. The average Bonchev–Trinajstić information content (AvgIpc) is 3.15. The van der Waals surface area contributed by atoms with Crippen LogP contribution in [0, 0.1) is 12.7 Å². The first-order valence-electron chi connectivity index (χ1n) is 9.98. The summed E-state index contributed by atoms with van der Waals surface area (Å²) in [7, 11) is 1.81. The molecular weight excluding hydrogens is 367 g/mol. The number of carbonyl (C=O) groups is 1. The van der Waals surface area contributed by atoms with Crippen LogP contribution in [-0.2, 0) is 13.5 Å². The molecule has 0 bridgehead atoms. The number of piperidine rings is 1. The quantitative estimate of drug-likeness (QED) is 0.677. The summed E-state index contributed by atoms with van der Waals surface area (Å²) in [6, 6.07) is 11.0. The molecule has 0 N–H and O–H groups in total. The number of halogens is 1. The van der Waals surface area contributed by atoms with Crippen LogP contribution in [0.4, 0.5) is 4.39 Å². The highest BCUT2D eigenvalue weighted by molar-refractivity contribution is 5.93. The van der Waals surface area contributed by atoms with E-state index in [4.69, 9.17) is 4.98 Å². The third kappa shape index (κ3) is 4.36. The molecule has 0 spiro atoms. The SMILES string of the molecule is Cc1cc(Cc2ccccc2F)cc([C@@H]2CCCN(C(=O)c3cnn(C)c3)C2)n1. The topological polar surface area (TPSA) is 51.0 Å². The summed E-state index contributed by atoms with van der Waals surface area (Å²) < 4.78 is 15.7. The van der Waals surface area contributed by atoms with E-state index >= 15 is 0 Å². The largest absolute Gasteiger partial charge is 0.338 e. The minimum Gasteiger partial charge on any atom is -0.338 e. The van der Waals surface area contributed by atoms with Gasteiger partial charge in [0.15, 0.2) is 0 Å². The summed E-state index contributed by atoms with van der Waals surface area (Å²) in [5, 5.41) is 4.11. The van der Waals surface area contributed by atoms with Gasteiger partial charge >= 0.3 is 0 Å². The Morgan fingerprint density at radius 3 is 2.86 bits per heavy atom. The first-order valence-corrected chi connectivity index (χ1v) is 9.98. The molecule has 150 valence electrons. The Balaban J connectivity index is 1.53. The number of carbonyl (C=O) groups excluding carboxylic acids is 1. The Morgan fingerprint density at radius 2 is 2.10 bits per heavy atom. The van der Waals surface area contributed by atoms with Gasteiger partial charge in [0.2, 0.25) is 0 Å². The number of nitrogens with zero attached hydrogens (tertiary/aromatic N) is 4. The molecule has 1 aliphatic heterocycles. The third-order valence-electron chi connectivity index (χ3n) is 5.46. The second-order valence-electron chi connectivity index (χ2n) is 7.80. The minimum atomic E-state index is -0.186. The number of hydrogen-bond donors (Lipinski definition) is 0. The molecule has 1 aromatic carbocycles. The molecule has 1 fully saturated rings. The van der Waals surface area contributed by atoms with Gasteiger partial charge in [0.1, 0.15) is 5.82 Å². The number of hydrogen-bond acceptors (Lipinski definition) is 3. The molecule has 0 aliphatic carbocycles. The van der Waals surface area contributed by atoms with Crippen molar-refractivity contribution in [3.05, 3.63) is 82.7 Å². The fourth-order valence-corrected chi connectivity index (χ4v) is 4.06. The maximum absolute atomic E-state index is 14.1. The Morgan fingerprint density at radius 1 is 1.28 bits per heavy atom. The van der Waals surface area contributed by atoms with Crippen LogP contribution in [0.1, 0.15) is 51.6 Å². The van der Waals surface area contributed by atoms with Crippen LogP contribution < -0.4 is 0 Å². The van der Waals surface area contributed by atoms with Crippen LogP contribution in [0.3, 0.4) is 0 Å². The van der Waals surface area contributed by atoms with Crippen LogP contribution in [0.2, 0.25) is 0 Å². The van der Waals surface area contributed by atoms with E-state index in [1.54, 1.807) is 23.1 Å². The number of rotatable bonds is 4. The zero-order valence-electron chi connectivity index (χ0n) is 16.8. The van der Waals surface area contributed by atoms with Crippen molar-refractivity contribution in [2.45, 2.75) is 32.1 Å². The van der Waals surface area contributed by atoms with E-state index < -0.39 is 0 Å². The molecule has 6 heteroatoms. The number of amides is 1. The van der Waals surface area contributed by atoms with Gasteiger partial charge in [0, 0.05) is 50.1 Å². The summed E-state index contributed by atoms with van der Waals surface area (Å²) in [5.74, 6) is 0.0140. The molecule has 1 aliphatic rings. The van der Waals surface area contributed by atoms with E-state index in [1.165, 1.54) is 6.07 Å². The van der Waals surface area contributed by atoms with Gasteiger partial charge in [-0.25, -0.2) is 4.39 Å². The molecule has 3 heterocycles. The molecule has 0 radical (unpaired) electrons. The molecule has 5 nitrogen and oxygen atoms in total. The summed E-state index contributed by atoms with van der Waals surface area (Å²) >= 11 is 0. The van der Waals surface area contributed by atoms with Crippen molar-refractivity contribution in [2.75, 3.05) is 13.1 Å². The highest BCUT2D eigenvalue weighted by Crippen LogP contribution is 2.28. The summed E-state index contributed by atoms with van der Waals surface area (Å²) in [4.78, 5) is 19.5. The van der Waals surface area contributed by atoms with E-state index in [1.807, 2.05) is 37.1 Å². The molecule has 4 rings (SSSR count). The highest BCUT2D eigenvalue weighted by atomic mass is 19.1. The van der Waals surface area contributed by atoms with Crippen molar-refractivity contribution in [3.8, 4) is 0 Å². The molecule has 1 saturated heterocycles. The van der Waals surface area contributed by atoms with Gasteiger partial charge in [0.05, 0.1) is 11.8 Å². The van der Waals surface area contributed by atoms with Crippen molar-refractivity contribution < 1.29 is 9.18 Å². The monoisotopic (exact) mass is 392 g/mol. The lowest BCUT2D eigenvalue weighted by Crippen LogP contribution is -2.39. The van der Waals surface area contributed by atoms with Crippen LogP contribution >= 0.6 is 0 Å². The predicted molar refractivity (Wildman–Crippen MR) is 109 cm³/mol. The average molecular weight is 392 g/mol. The van der Waals surface area contributed by atoms with Crippen LogP contribution in [0.15, 0.2) is 48.8 Å². The van der Waals surface area contributed by atoms with Gasteiger partial charge in [-0.3, -0.25) is 14.5 Å². The number of aryl methyl sites for hydroxylation is 2. The van der Waals surface area contributed by atoms with Crippen molar-refractivity contribution in [2.24, 2.45) is 7.05 Å². The Bertz CT molecular complexity index is 1030. The number of likely N-dealkylation sites (tertiary alicyclic amines) is 1. The smallest absolute Gasteiger partial charge is 0.257 e. The molecule has 1 atom stereocenters. The first kappa shape index (κ1) is 19.3. The van der Waals surface area contributed by atoms with Crippen molar-refractivity contribution >= 4 is 5.91 Å². The molecule has 1 amide bonds. The standard InChI is InChI=1S/C23H25FN4O/c1-16-10-17(11-18-6-3-4-8-21(18)24)12-22(26-16)19-7-5-9-28(15-19)23(29)20-13-25-27(2)14-20/h3-4,6,8,10,12-14,19H,5,7,9,11,15H2,1-2H3/t19-/m1/s1. The van der Waals surface area contributed by atoms with Gasteiger partial charge in [-0.05, 0) is 49.1 Å². The van der Waals surface area contributed by atoms with Crippen LogP contribution in [-0.4, -0.2) is 38.7 Å². The lowest BCUT2D eigenvalue weighted by atomic mass is 9.92. The lowest BCUT2D eigenvalue weighted by Gasteiger charge is -2.32. The van der Waals surface area contributed by atoms with Crippen LogP contribution in [0.5, 0.6) is 0 Å². The van der Waals surface area contributed by atoms with Gasteiger partial charge in [-0.1, -0.05) is 18.2 Å². The fourth-order valence-electron chi connectivity index (χ4n) is 4.06. The van der Waals surface area contributed by atoms with E-state index in [2.05, 4.69) is 11.2 Å². The number of aromatic nitrogens is 3. The van der Waals surface area contributed by atoms with Gasteiger partial charge < -0.3 is 4.90 Å². The van der Waals surface area contributed by atoms with E-state index in [0.717, 1.165) is 36.3 Å². The maximum Gasteiger partial charge on any atom is 0.257 e. The Hall–Kier alpha value is -3.02. The zero-order valence-corrected chi connectivity index (χ0v) is 16.8. The molecular formula is C23H25FN4O. The van der Waals surface area contributed by atoms with Crippen LogP contribution in [0.25, 0.3) is 0 Å². The summed E-state index contributed by atoms with van der Waals surface area (Å²) in [5.41, 5.74) is 4.25. The van der Waals surface area contributed by atoms with E-state index in [-0.39, 0.29) is 17.6 Å². The Kier molecular flexibility index (Phi) is 5.43. The van der Waals surface area contributed by atoms with E-state index in [9.17, 15) is 9.18 Å². The summed E-state index contributed by atoms with van der Waals surface area (Å²) in [6.07, 6.45) is 5.84. The second kappa shape index (κ2) is 8.15. The van der Waals surface area contributed by atoms with Gasteiger partial charge in [-0.2, -0.15) is 5.10 Å². The zero-order chi connectivity index (χ0) is 20.4. The molecule has 0 saturated carbocycles. The highest BCUT2D eigenvalue weighted by Gasteiger charge is 2.27. The number of benzene rings is 1. The lowest BCUT2D eigenvalue weighted by molar-refractivity contribution is 0.0706. The Labute approximate surface area is 170 Å². The minimum absolute atomic E-state index is 0.0158. The maximum atomic E-state index is 14.1. The predicted octanol–water partition coefficient (Wildman–Crippen LogP) is 3.87. The van der Waals surface area contributed by atoms with Crippen molar-refractivity contribution in [1.82, 2.24) is 19.7 Å². The van der Waals surface area contributed by atoms with Gasteiger partial charge in [0.25, 0.3) is 5.91 Å². The van der Waals surface area contributed by atoms with E-state index in [0.29, 0.717) is 24.1 Å². The first-order chi connectivity index (χ1) is 14.0. The van der Waals surface area contributed by atoms with Crippen molar-refractivity contribution in [1.29, 1.82) is 0 Å². The molecule has 2 aromatic heterocycles. The molecule has 3 aromatic rings. The second-order valence-corrected chi connectivity index (χ2v) is 7.80. The number of pyridine rings is 1. The molecule has 0 unspecified atom stereocenters. The normalized spacial score (nSPS) is 16.8. The summed E-state index contributed by atoms with van der Waals surface area (Å²) in [6.45, 7) is 3.36. The van der Waals surface area contributed by atoms with Crippen molar-refractivity contribution in [3.63, 3.8) is 0 Å². The molecule has 29 heavy (non-hydrogen) atoms.